The average molecular weight is 533 g/mol. The molecule has 7 heteroatoms. The Labute approximate surface area is 230 Å². The van der Waals surface area contributed by atoms with Crippen molar-refractivity contribution in [3.8, 4) is 22.6 Å². The quantitative estimate of drug-likeness (QED) is 0.185. The summed E-state index contributed by atoms with van der Waals surface area (Å²) >= 11 is 0. The van der Waals surface area contributed by atoms with Gasteiger partial charge in [0.05, 0.1) is 18.6 Å². The van der Waals surface area contributed by atoms with Crippen molar-refractivity contribution in [3.05, 3.63) is 83.9 Å². The highest BCUT2D eigenvalue weighted by Crippen LogP contribution is 2.24. The number of esters is 3. The van der Waals surface area contributed by atoms with Crippen LogP contribution in [-0.2, 0) is 25.5 Å². The predicted octanol–water partition coefficient (Wildman–Crippen LogP) is 6.43. The molecule has 0 aliphatic rings. The second-order valence-electron chi connectivity index (χ2n) is 9.44. The number of hydrogen-bond donors (Lipinski definition) is 0. The van der Waals surface area contributed by atoms with Crippen molar-refractivity contribution < 1.29 is 33.3 Å². The highest BCUT2D eigenvalue weighted by Gasteiger charge is 2.16. The second-order valence-corrected chi connectivity index (χ2v) is 9.44. The van der Waals surface area contributed by atoms with E-state index in [-0.39, 0.29) is 12.4 Å². The zero-order valence-electron chi connectivity index (χ0n) is 23.0. The topological polar surface area (TPSA) is 88.1 Å². The largest absolute Gasteiger partial charge is 0.465 e. The van der Waals surface area contributed by atoms with E-state index in [1.165, 1.54) is 0 Å². The van der Waals surface area contributed by atoms with Gasteiger partial charge in [-0.15, -0.1) is 0 Å². The lowest BCUT2D eigenvalue weighted by molar-refractivity contribution is -0.146. The fourth-order valence-corrected chi connectivity index (χ4v) is 3.49. The van der Waals surface area contributed by atoms with E-state index in [2.05, 4.69) is 6.92 Å². The van der Waals surface area contributed by atoms with E-state index >= 15 is 0 Å². The maximum absolute atomic E-state index is 12.6. The van der Waals surface area contributed by atoms with E-state index in [0.717, 1.165) is 29.5 Å². The fraction of sp³-hybridized carbons (Fsp3) is 0.344. The summed E-state index contributed by atoms with van der Waals surface area (Å²) in [4.78, 5) is 36.7. The molecule has 0 aliphatic carbocycles. The molecule has 206 valence electrons. The molecule has 3 aromatic carbocycles. The molecule has 0 bridgehead atoms. The number of benzene rings is 3. The van der Waals surface area contributed by atoms with Crippen molar-refractivity contribution in [2.24, 2.45) is 5.92 Å². The summed E-state index contributed by atoms with van der Waals surface area (Å²) in [5.41, 5.74) is 2.99. The van der Waals surface area contributed by atoms with Gasteiger partial charge in [0.25, 0.3) is 0 Å². The van der Waals surface area contributed by atoms with Gasteiger partial charge in [-0.1, -0.05) is 63.6 Å². The highest BCUT2D eigenvalue weighted by molar-refractivity contribution is 5.91. The smallest absolute Gasteiger partial charge is 0.343 e. The number of rotatable bonds is 13. The third-order valence-corrected chi connectivity index (χ3v) is 6.14. The SMILES string of the molecule is CCCO[C@@H](C)C(=O)Oc1ccc(-c2ccc(C(=O)Oc3ccc(CC(=O)OC[C@@H](C)CC)cc3)cc2)cc1. The molecule has 0 spiro atoms. The van der Waals surface area contributed by atoms with E-state index < -0.39 is 18.0 Å². The molecule has 0 saturated heterocycles. The van der Waals surface area contributed by atoms with Gasteiger partial charge in [-0.2, -0.15) is 0 Å². The van der Waals surface area contributed by atoms with Crippen LogP contribution in [-0.4, -0.2) is 37.2 Å². The third-order valence-electron chi connectivity index (χ3n) is 6.14. The molecule has 0 radical (unpaired) electrons. The number of carbonyl (C=O) groups is 3. The zero-order chi connectivity index (χ0) is 28.2. The van der Waals surface area contributed by atoms with Crippen LogP contribution in [0.1, 0.15) is 56.5 Å². The molecule has 3 rings (SSSR count). The first-order valence-corrected chi connectivity index (χ1v) is 13.3. The minimum Gasteiger partial charge on any atom is -0.465 e. The lowest BCUT2D eigenvalue weighted by Crippen LogP contribution is -2.26. The van der Waals surface area contributed by atoms with Crippen molar-refractivity contribution in [1.29, 1.82) is 0 Å². The van der Waals surface area contributed by atoms with Crippen molar-refractivity contribution in [2.45, 2.75) is 53.1 Å². The number of ether oxygens (including phenoxy) is 4. The molecule has 0 saturated carbocycles. The van der Waals surface area contributed by atoms with Gasteiger partial charge in [0.1, 0.15) is 11.5 Å². The van der Waals surface area contributed by atoms with Crippen LogP contribution in [0.2, 0.25) is 0 Å². The Morgan fingerprint density at radius 2 is 1.31 bits per heavy atom. The van der Waals surface area contributed by atoms with Gasteiger partial charge >= 0.3 is 17.9 Å². The van der Waals surface area contributed by atoms with Gasteiger partial charge in [-0.3, -0.25) is 4.79 Å². The normalized spacial score (nSPS) is 12.3. The Kier molecular flexibility index (Phi) is 11.3. The summed E-state index contributed by atoms with van der Waals surface area (Å²) in [5.74, 6) is -0.0356. The standard InChI is InChI=1S/C32H36O7/c1-5-19-36-23(4)31(34)38-29-17-13-26(14-18-29)25-9-11-27(12-10-25)32(35)39-28-15-7-24(8-16-28)20-30(33)37-21-22(3)6-2/h7-18,22-23H,5-6,19-21H2,1-4H3/t22-,23-/m0/s1. The van der Waals surface area contributed by atoms with Gasteiger partial charge in [0.2, 0.25) is 0 Å². The Hall–Kier alpha value is -3.97. The molecule has 0 aliphatic heterocycles. The summed E-state index contributed by atoms with van der Waals surface area (Å²) < 4.78 is 21.5. The van der Waals surface area contributed by atoms with E-state index in [4.69, 9.17) is 18.9 Å². The minimum atomic E-state index is -0.627. The first-order valence-electron chi connectivity index (χ1n) is 13.3. The summed E-state index contributed by atoms with van der Waals surface area (Å²) in [5, 5.41) is 0. The van der Waals surface area contributed by atoms with E-state index in [1.807, 2.05) is 38.1 Å². The third kappa shape index (κ3) is 9.37. The first-order chi connectivity index (χ1) is 18.8. The van der Waals surface area contributed by atoms with Crippen LogP contribution in [0.3, 0.4) is 0 Å². The summed E-state index contributed by atoms with van der Waals surface area (Å²) in [6, 6.07) is 21.0. The molecule has 0 N–H and O–H groups in total. The first kappa shape index (κ1) is 29.6. The summed E-state index contributed by atoms with van der Waals surface area (Å²) in [6.45, 7) is 8.65. The lowest BCUT2D eigenvalue weighted by Gasteiger charge is -2.12. The number of carbonyl (C=O) groups excluding carboxylic acids is 3. The Morgan fingerprint density at radius 3 is 1.90 bits per heavy atom. The van der Waals surface area contributed by atoms with Gasteiger partial charge in [-0.05, 0) is 72.4 Å². The van der Waals surface area contributed by atoms with Crippen LogP contribution in [0.25, 0.3) is 11.1 Å². The van der Waals surface area contributed by atoms with E-state index in [0.29, 0.717) is 36.2 Å². The van der Waals surface area contributed by atoms with Crippen LogP contribution in [0.5, 0.6) is 11.5 Å². The molecular formula is C32H36O7. The highest BCUT2D eigenvalue weighted by atomic mass is 16.6. The lowest BCUT2D eigenvalue weighted by atomic mass is 10.0. The molecule has 2 atom stereocenters. The van der Waals surface area contributed by atoms with Crippen molar-refractivity contribution in [1.82, 2.24) is 0 Å². The maximum atomic E-state index is 12.6. The fourth-order valence-electron chi connectivity index (χ4n) is 3.49. The van der Waals surface area contributed by atoms with Crippen LogP contribution in [0, 0.1) is 5.92 Å². The van der Waals surface area contributed by atoms with Gasteiger partial charge in [-0.25, -0.2) is 9.59 Å². The van der Waals surface area contributed by atoms with Gasteiger partial charge in [0, 0.05) is 6.61 Å². The Bertz CT molecular complexity index is 1210. The van der Waals surface area contributed by atoms with E-state index in [9.17, 15) is 14.4 Å². The zero-order valence-corrected chi connectivity index (χ0v) is 23.0. The van der Waals surface area contributed by atoms with Crippen molar-refractivity contribution >= 4 is 17.9 Å². The molecule has 0 unspecified atom stereocenters. The molecule has 39 heavy (non-hydrogen) atoms. The average Bonchev–Trinajstić information content (AvgIpc) is 2.96. The summed E-state index contributed by atoms with van der Waals surface area (Å²) in [7, 11) is 0. The van der Waals surface area contributed by atoms with Crippen LogP contribution >= 0.6 is 0 Å². The van der Waals surface area contributed by atoms with Crippen LogP contribution < -0.4 is 9.47 Å². The number of hydrogen-bond acceptors (Lipinski definition) is 7. The van der Waals surface area contributed by atoms with Crippen molar-refractivity contribution in [3.63, 3.8) is 0 Å². The molecule has 7 nitrogen and oxygen atoms in total. The Morgan fingerprint density at radius 1 is 0.744 bits per heavy atom. The Balaban J connectivity index is 1.52. The molecular weight excluding hydrogens is 496 g/mol. The van der Waals surface area contributed by atoms with Crippen LogP contribution in [0.4, 0.5) is 0 Å². The molecule has 3 aromatic rings. The van der Waals surface area contributed by atoms with Crippen molar-refractivity contribution in [2.75, 3.05) is 13.2 Å². The summed E-state index contributed by atoms with van der Waals surface area (Å²) in [6.07, 6.45) is 1.32. The van der Waals surface area contributed by atoms with Gasteiger partial charge < -0.3 is 18.9 Å². The van der Waals surface area contributed by atoms with E-state index in [1.54, 1.807) is 55.5 Å². The van der Waals surface area contributed by atoms with Gasteiger partial charge in [0.15, 0.2) is 6.10 Å². The molecule has 0 heterocycles. The minimum absolute atomic E-state index is 0.169. The molecule has 0 aromatic heterocycles. The second kappa shape index (κ2) is 14.8. The van der Waals surface area contributed by atoms with Crippen LogP contribution in [0.15, 0.2) is 72.8 Å². The monoisotopic (exact) mass is 532 g/mol. The maximum Gasteiger partial charge on any atom is 0.343 e. The molecule has 0 fully saturated rings. The predicted molar refractivity (Wildman–Crippen MR) is 149 cm³/mol. The molecule has 0 amide bonds.